The van der Waals surface area contributed by atoms with Crippen molar-refractivity contribution < 1.29 is 9.53 Å². The fourth-order valence-electron chi connectivity index (χ4n) is 3.33. The smallest absolute Gasteiger partial charge is 0.245 e. The quantitative estimate of drug-likeness (QED) is 0.804. The molecule has 1 aliphatic heterocycles. The maximum atomic E-state index is 11.8. The van der Waals surface area contributed by atoms with Crippen molar-refractivity contribution in [2.75, 3.05) is 13.1 Å². The number of hydrogen-bond donors (Lipinski definition) is 0. The third-order valence-electron chi connectivity index (χ3n) is 4.56. The third kappa shape index (κ3) is 3.60. The minimum absolute atomic E-state index is 0.0334. The van der Waals surface area contributed by atoms with Crippen molar-refractivity contribution in [2.45, 2.75) is 59.6 Å². The highest BCUT2D eigenvalue weighted by atomic mass is 16.5. The molecule has 3 heterocycles. The number of ether oxygens (including phenoxy) is 1. The van der Waals surface area contributed by atoms with Crippen molar-refractivity contribution in [3.05, 3.63) is 12.2 Å². The summed E-state index contributed by atoms with van der Waals surface area (Å²) >= 11 is 0. The third-order valence-corrected chi connectivity index (χ3v) is 4.56. The van der Waals surface area contributed by atoms with Gasteiger partial charge in [-0.1, -0.05) is 20.8 Å². The van der Waals surface area contributed by atoms with Crippen molar-refractivity contribution in [1.29, 1.82) is 0 Å². The number of rotatable bonds is 6. The van der Waals surface area contributed by atoms with Gasteiger partial charge in [-0.05, 0) is 12.8 Å². The molecular formula is C18H27N5O2. The highest BCUT2D eigenvalue weighted by molar-refractivity contribution is 5.77. The van der Waals surface area contributed by atoms with E-state index in [-0.39, 0.29) is 12.0 Å². The van der Waals surface area contributed by atoms with Gasteiger partial charge in [0.2, 0.25) is 11.8 Å². The molecule has 1 saturated heterocycles. The van der Waals surface area contributed by atoms with Gasteiger partial charge in [-0.25, -0.2) is 9.97 Å². The molecule has 1 amide bonds. The van der Waals surface area contributed by atoms with Gasteiger partial charge in [0.1, 0.15) is 18.3 Å². The Kier molecular flexibility index (Phi) is 5.20. The Hall–Kier alpha value is -2.18. The van der Waals surface area contributed by atoms with Gasteiger partial charge in [0.25, 0.3) is 0 Å². The topological polar surface area (TPSA) is 73.1 Å². The molecule has 0 aromatic carbocycles. The van der Waals surface area contributed by atoms with E-state index in [1.165, 1.54) is 6.33 Å². The summed E-state index contributed by atoms with van der Waals surface area (Å²) in [7, 11) is 0. The second-order valence-corrected chi connectivity index (χ2v) is 6.94. The molecular weight excluding hydrogens is 318 g/mol. The minimum atomic E-state index is -0.0334. The number of hydrogen-bond acceptors (Lipinski definition) is 5. The number of amides is 1. The molecule has 0 saturated carbocycles. The molecule has 2 aromatic rings. The van der Waals surface area contributed by atoms with E-state index in [0.717, 1.165) is 42.9 Å². The second-order valence-electron chi connectivity index (χ2n) is 6.94. The fourth-order valence-corrected chi connectivity index (χ4v) is 3.33. The molecule has 7 heteroatoms. The Bertz CT molecular complexity index is 755. The van der Waals surface area contributed by atoms with Crippen molar-refractivity contribution in [3.63, 3.8) is 0 Å². The summed E-state index contributed by atoms with van der Waals surface area (Å²) in [5, 5.41) is 0. The van der Waals surface area contributed by atoms with Crippen LogP contribution in [0.1, 0.15) is 46.4 Å². The van der Waals surface area contributed by atoms with E-state index in [9.17, 15) is 4.79 Å². The van der Waals surface area contributed by atoms with Crippen LogP contribution in [-0.4, -0.2) is 49.5 Å². The fraction of sp³-hybridized carbons (Fsp3) is 0.667. The zero-order chi connectivity index (χ0) is 18.0. The van der Waals surface area contributed by atoms with Crippen LogP contribution in [0.2, 0.25) is 0 Å². The summed E-state index contributed by atoms with van der Waals surface area (Å²) in [4.78, 5) is 27.2. The van der Waals surface area contributed by atoms with E-state index in [4.69, 9.17) is 9.72 Å². The summed E-state index contributed by atoms with van der Waals surface area (Å²) in [5.74, 6) is 2.24. The molecule has 7 nitrogen and oxygen atoms in total. The van der Waals surface area contributed by atoms with E-state index in [0.29, 0.717) is 24.8 Å². The van der Waals surface area contributed by atoms with Gasteiger partial charge in [-0.15, -0.1) is 0 Å². The monoisotopic (exact) mass is 345 g/mol. The van der Waals surface area contributed by atoms with Gasteiger partial charge in [0.05, 0.1) is 6.54 Å². The van der Waals surface area contributed by atoms with E-state index in [1.54, 1.807) is 0 Å². The lowest BCUT2D eigenvalue weighted by atomic mass is 10.1. The number of carbonyl (C=O) groups is 1. The Labute approximate surface area is 148 Å². The summed E-state index contributed by atoms with van der Waals surface area (Å²) in [5.41, 5.74) is 1.54. The number of nitrogens with zero attached hydrogens (tertiary/aromatic N) is 5. The summed E-state index contributed by atoms with van der Waals surface area (Å²) in [6.45, 7) is 10.5. The standard InChI is InChI=1S/C18H27N5O2/c1-5-15(24)22-8-7-13(10-22)25-18-16-17(19-11-20-18)23(6-2)14(21-16)9-12(3)4/h11-13H,5-10H2,1-4H3. The number of likely N-dealkylation sites (tertiary alicyclic amines) is 1. The summed E-state index contributed by atoms with van der Waals surface area (Å²) in [6.07, 6.45) is 3.75. The highest BCUT2D eigenvalue weighted by Crippen LogP contribution is 2.26. The number of aryl methyl sites for hydroxylation is 1. The summed E-state index contributed by atoms with van der Waals surface area (Å²) < 4.78 is 8.24. The molecule has 3 rings (SSSR count). The molecule has 1 unspecified atom stereocenters. The predicted molar refractivity (Wildman–Crippen MR) is 95.4 cm³/mol. The maximum absolute atomic E-state index is 11.8. The van der Waals surface area contributed by atoms with Gasteiger partial charge in [0.15, 0.2) is 11.2 Å². The van der Waals surface area contributed by atoms with Crippen LogP contribution in [0, 0.1) is 5.92 Å². The number of fused-ring (bicyclic) bond motifs is 1. The molecule has 0 spiro atoms. The van der Waals surface area contributed by atoms with Crippen LogP contribution in [0.3, 0.4) is 0 Å². The largest absolute Gasteiger partial charge is 0.471 e. The van der Waals surface area contributed by atoms with Crippen molar-refractivity contribution >= 4 is 17.1 Å². The number of imidazole rings is 1. The van der Waals surface area contributed by atoms with Gasteiger partial charge in [-0.3, -0.25) is 4.79 Å². The first-order valence-electron chi connectivity index (χ1n) is 9.18. The first-order valence-corrected chi connectivity index (χ1v) is 9.18. The van der Waals surface area contributed by atoms with Crippen molar-refractivity contribution in [3.8, 4) is 5.88 Å². The lowest BCUT2D eigenvalue weighted by molar-refractivity contribution is -0.130. The van der Waals surface area contributed by atoms with Crippen LogP contribution in [0.5, 0.6) is 5.88 Å². The molecule has 0 N–H and O–H groups in total. The lowest BCUT2D eigenvalue weighted by Gasteiger charge is -2.16. The molecule has 136 valence electrons. The summed E-state index contributed by atoms with van der Waals surface area (Å²) in [6, 6.07) is 0. The molecule has 0 aliphatic carbocycles. The van der Waals surface area contributed by atoms with Gasteiger partial charge in [-0.2, -0.15) is 4.98 Å². The zero-order valence-corrected chi connectivity index (χ0v) is 15.5. The second kappa shape index (κ2) is 7.37. The van der Waals surface area contributed by atoms with Gasteiger partial charge in [0, 0.05) is 32.4 Å². The van der Waals surface area contributed by atoms with Crippen LogP contribution in [-0.2, 0) is 17.8 Å². The molecule has 0 bridgehead atoms. The van der Waals surface area contributed by atoms with Crippen LogP contribution in [0.15, 0.2) is 6.33 Å². The lowest BCUT2D eigenvalue weighted by Crippen LogP contribution is -2.30. The zero-order valence-electron chi connectivity index (χ0n) is 15.5. The minimum Gasteiger partial charge on any atom is -0.471 e. The Balaban J connectivity index is 1.85. The Morgan fingerprint density at radius 3 is 2.84 bits per heavy atom. The van der Waals surface area contributed by atoms with E-state index in [2.05, 4.69) is 35.3 Å². The predicted octanol–water partition coefficient (Wildman–Crippen LogP) is 2.43. The number of carbonyl (C=O) groups excluding carboxylic acids is 1. The van der Waals surface area contributed by atoms with E-state index < -0.39 is 0 Å². The van der Waals surface area contributed by atoms with E-state index >= 15 is 0 Å². The molecule has 0 radical (unpaired) electrons. The molecule has 1 fully saturated rings. The van der Waals surface area contributed by atoms with Crippen LogP contribution < -0.4 is 4.74 Å². The first-order chi connectivity index (χ1) is 12.0. The molecule has 25 heavy (non-hydrogen) atoms. The van der Waals surface area contributed by atoms with Gasteiger partial charge >= 0.3 is 0 Å². The maximum Gasteiger partial charge on any atom is 0.245 e. The van der Waals surface area contributed by atoms with Gasteiger partial charge < -0.3 is 14.2 Å². The Morgan fingerprint density at radius 1 is 1.36 bits per heavy atom. The van der Waals surface area contributed by atoms with E-state index in [1.807, 2.05) is 11.8 Å². The normalized spacial score (nSPS) is 17.6. The SMILES string of the molecule is CCC(=O)N1CCC(Oc2ncnc3c2nc(CC(C)C)n3CC)C1. The first kappa shape index (κ1) is 17.6. The highest BCUT2D eigenvalue weighted by Gasteiger charge is 2.28. The number of aromatic nitrogens is 4. The molecule has 2 aromatic heterocycles. The average Bonchev–Trinajstić information content (AvgIpc) is 3.18. The van der Waals surface area contributed by atoms with Crippen molar-refractivity contribution in [2.24, 2.45) is 5.92 Å². The Morgan fingerprint density at radius 2 is 2.16 bits per heavy atom. The molecule has 1 aliphatic rings. The average molecular weight is 345 g/mol. The van der Waals surface area contributed by atoms with Crippen LogP contribution in [0.25, 0.3) is 11.2 Å². The van der Waals surface area contributed by atoms with Crippen LogP contribution in [0.4, 0.5) is 0 Å². The molecule has 1 atom stereocenters. The van der Waals surface area contributed by atoms with Crippen LogP contribution >= 0.6 is 0 Å². The van der Waals surface area contributed by atoms with Crippen molar-refractivity contribution in [1.82, 2.24) is 24.4 Å².